The zero-order chi connectivity index (χ0) is 33.7. The Hall–Kier alpha value is -6.18. The van der Waals surface area contributed by atoms with Crippen LogP contribution in [0.5, 0.6) is 0 Å². The Balaban J connectivity index is 1.34. The van der Waals surface area contributed by atoms with Gasteiger partial charge in [-0.1, -0.05) is 166 Å². The Kier molecular flexibility index (Phi) is 7.21. The number of nitrogens with zero attached hydrogens (tertiary/aromatic N) is 1. The van der Waals surface area contributed by atoms with Crippen LogP contribution in [0.25, 0.3) is 55.3 Å². The molecule has 1 heteroatoms. The maximum Gasteiger partial charge on any atom is 0.0543 e. The molecule has 0 saturated heterocycles. The summed E-state index contributed by atoms with van der Waals surface area (Å²) in [4.78, 5) is 2.48. The fourth-order valence-corrected chi connectivity index (χ4v) is 7.97. The van der Waals surface area contributed by atoms with E-state index in [0.717, 1.165) is 17.1 Å². The van der Waals surface area contributed by atoms with E-state index in [4.69, 9.17) is 0 Å². The molecule has 0 bridgehead atoms. The molecule has 0 unspecified atom stereocenters. The molecule has 50 heavy (non-hydrogen) atoms. The van der Waals surface area contributed by atoms with Crippen LogP contribution in [0.2, 0.25) is 0 Å². The van der Waals surface area contributed by atoms with E-state index in [1.165, 1.54) is 66.4 Å². The van der Waals surface area contributed by atoms with Crippen molar-refractivity contribution in [2.45, 2.75) is 19.3 Å². The normalized spacial score (nSPS) is 12.8. The molecule has 8 aromatic carbocycles. The summed E-state index contributed by atoms with van der Waals surface area (Å²) in [5.74, 6) is 0. The van der Waals surface area contributed by atoms with Crippen molar-refractivity contribution in [2.24, 2.45) is 0 Å². The van der Waals surface area contributed by atoms with Gasteiger partial charge in [0.2, 0.25) is 0 Å². The highest BCUT2D eigenvalue weighted by atomic mass is 15.1. The molecular weight excluding hydrogens is 603 g/mol. The summed E-state index contributed by atoms with van der Waals surface area (Å²) in [6.45, 7) is 4.77. The monoisotopic (exact) mass is 639 g/mol. The molecule has 0 radical (unpaired) electrons. The van der Waals surface area contributed by atoms with Gasteiger partial charge in [-0.15, -0.1) is 0 Å². The Morgan fingerprint density at radius 3 is 1.70 bits per heavy atom. The third-order valence-corrected chi connectivity index (χ3v) is 10.4. The molecule has 8 aromatic rings. The quantitative estimate of drug-likeness (QED) is 0.175. The first kappa shape index (κ1) is 29.9. The lowest BCUT2D eigenvalue weighted by atomic mass is 9.81. The maximum atomic E-state index is 2.48. The van der Waals surface area contributed by atoms with Gasteiger partial charge in [0.15, 0.2) is 0 Å². The first-order valence-electron chi connectivity index (χ1n) is 17.4. The predicted molar refractivity (Wildman–Crippen MR) is 213 cm³/mol. The van der Waals surface area contributed by atoms with Crippen LogP contribution in [0.1, 0.15) is 25.0 Å². The van der Waals surface area contributed by atoms with Crippen molar-refractivity contribution < 1.29 is 0 Å². The highest BCUT2D eigenvalue weighted by Gasteiger charge is 2.38. The van der Waals surface area contributed by atoms with Gasteiger partial charge in [0, 0.05) is 22.2 Å². The van der Waals surface area contributed by atoms with Crippen molar-refractivity contribution >= 4 is 27.8 Å². The fraction of sp³-hybridized carbons (Fsp3) is 0.0612. The van der Waals surface area contributed by atoms with Gasteiger partial charge in [0.25, 0.3) is 0 Å². The zero-order valence-electron chi connectivity index (χ0n) is 28.3. The lowest BCUT2D eigenvalue weighted by Gasteiger charge is -2.32. The van der Waals surface area contributed by atoms with Crippen LogP contribution in [-0.2, 0) is 5.41 Å². The third-order valence-electron chi connectivity index (χ3n) is 10.4. The number of hydrogen-bond donors (Lipinski definition) is 0. The van der Waals surface area contributed by atoms with E-state index in [2.05, 4.69) is 207 Å². The number of fused-ring (bicyclic) bond motifs is 4. The maximum absolute atomic E-state index is 2.48. The highest BCUT2D eigenvalue weighted by Crippen LogP contribution is 2.56. The molecule has 0 fully saturated rings. The van der Waals surface area contributed by atoms with Gasteiger partial charge in [-0.3, -0.25) is 0 Å². The minimum atomic E-state index is -0.195. The summed E-state index contributed by atoms with van der Waals surface area (Å²) >= 11 is 0. The van der Waals surface area contributed by atoms with Crippen molar-refractivity contribution in [3.05, 3.63) is 199 Å². The van der Waals surface area contributed by atoms with Gasteiger partial charge in [-0.2, -0.15) is 0 Å². The second kappa shape index (κ2) is 12.1. The molecule has 0 N–H and O–H groups in total. The molecule has 0 spiro atoms. The lowest BCUT2D eigenvalue weighted by Crippen LogP contribution is -2.17. The summed E-state index contributed by atoms with van der Waals surface area (Å²) in [7, 11) is 0. The molecule has 0 atom stereocenters. The second-order valence-electron chi connectivity index (χ2n) is 13.8. The second-order valence-corrected chi connectivity index (χ2v) is 13.8. The molecule has 9 rings (SSSR count). The predicted octanol–water partition coefficient (Wildman–Crippen LogP) is 13.6. The molecule has 0 heterocycles. The van der Waals surface area contributed by atoms with E-state index in [0.29, 0.717) is 0 Å². The molecule has 1 aliphatic carbocycles. The third kappa shape index (κ3) is 4.94. The number of anilines is 3. The molecule has 0 amide bonds. The standard InChI is InChI=1S/C49H37N/c1-49(2)44-27-16-26-41(35-18-6-3-7-19-35)48(44)43-32-42(36-20-8-4-9-21-36)47(33-45(43)49)50(39-23-10-5-11-24-39)46-28-15-14-25-40(46)38-30-29-34-17-12-13-22-37(34)31-38/h3-33H,1-2H3. The summed E-state index contributed by atoms with van der Waals surface area (Å²) in [5, 5.41) is 2.48. The average Bonchev–Trinajstić information content (AvgIpc) is 3.41. The Bertz CT molecular complexity index is 2490. The van der Waals surface area contributed by atoms with Gasteiger partial charge in [0.1, 0.15) is 0 Å². The number of rotatable bonds is 6. The number of benzene rings is 8. The Labute approximate surface area is 294 Å². The van der Waals surface area contributed by atoms with Crippen molar-refractivity contribution in [1.82, 2.24) is 0 Å². The fourth-order valence-electron chi connectivity index (χ4n) is 7.97. The van der Waals surface area contributed by atoms with E-state index in [1.54, 1.807) is 0 Å². The van der Waals surface area contributed by atoms with Gasteiger partial charge in [-0.25, -0.2) is 0 Å². The van der Waals surface area contributed by atoms with Gasteiger partial charge >= 0.3 is 0 Å². The first-order chi connectivity index (χ1) is 24.6. The van der Waals surface area contributed by atoms with Crippen molar-refractivity contribution in [3.8, 4) is 44.5 Å². The topological polar surface area (TPSA) is 3.24 Å². The largest absolute Gasteiger partial charge is 0.309 e. The molecule has 0 aliphatic heterocycles. The summed E-state index contributed by atoms with van der Waals surface area (Å²) in [5.41, 5.74) is 15.9. The zero-order valence-corrected chi connectivity index (χ0v) is 28.3. The summed E-state index contributed by atoms with van der Waals surface area (Å²) < 4.78 is 0. The SMILES string of the molecule is CC1(C)c2cc(N(c3ccccc3)c3ccccc3-c3ccc4ccccc4c3)c(-c3ccccc3)cc2-c2c(-c3ccccc3)cccc21. The van der Waals surface area contributed by atoms with Crippen LogP contribution in [0.4, 0.5) is 17.1 Å². The van der Waals surface area contributed by atoms with Crippen molar-refractivity contribution in [2.75, 3.05) is 4.90 Å². The van der Waals surface area contributed by atoms with Crippen LogP contribution in [0.15, 0.2) is 188 Å². The van der Waals surface area contributed by atoms with Gasteiger partial charge in [-0.05, 0) is 91.7 Å². The Morgan fingerprint density at radius 1 is 0.360 bits per heavy atom. The van der Waals surface area contributed by atoms with Crippen LogP contribution in [0.3, 0.4) is 0 Å². The lowest BCUT2D eigenvalue weighted by molar-refractivity contribution is 0.660. The van der Waals surface area contributed by atoms with Gasteiger partial charge < -0.3 is 4.90 Å². The number of hydrogen-bond acceptors (Lipinski definition) is 1. The average molecular weight is 640 g/mol. The van der Waals surface area contributed by atoms with E-state index in [9.17, 15) is 0 Å². The van der Waals surface area contributed by atoms with Crippen molar-refractivity contribution in [3.63, 3.8) is 0 Å². The van der Waals surface area contributed by atoms with Crippen LogP contribution in [-0.4, -0.2) is 0 Å². The summed E-state index contributed by atoms with van der Waals surface area (Å²) in [6.07, 6.45) is 0. The molecule has 238 valence electrons. The minimum absolute atomic E-state index is 0.195. The van der Waals surface area contributed by atoms with Gasteiger partial charge in [0.05, 0.1) is 11.4 Å². The molecule has 1 aliphatic rings. The molecule has 1 nitrogen and oxygen atoms in total. The smallest absolute Gasteiger partial charge is 0.0543 e. The van der Waals surface area contributed by atoms with E-state index < -0.39 is 0 Å². The number of para-hydroxylation sites is 2. The molecular formula is C49H37N. The van der Waals surface area contributed by atoms with Crippen LogP contribution >= 0.6 is 0 Å². The van der Waals surface area contributed by atoms with Crippen molar-refractivity contribution in [1.29, 1.82) is 0 Å². The summed E-state index contributed by atoms with van der Waals surface area (Å²) in [6, 6.07) is 68.6. The van der Waals surface area contributed by atoms with Crippen LogP contribution < -0.4 is 4.90 Å². The molecule has 0 aromatic heterocycles. The first-order valence-corrected chi connectivity index (χ1v) is 17.4. The minimum Gasteiger partial charge on any atom is -0.309 e. The molecule has 0 saturated carbocycles. The Morgan fingerprint density at radius 2 is 0.960 bits per heavy atom. The highest BCUT2D eigenvalue weighted by molar-refractivity contribution is 6.00. The van der Waals surface area contributed by atoms with E-state index in [1.807, 2.05) is 0 Å². The van der Waals surface area contributed by atoms with E-state index >= 15 is 0 Å². The van der Waals surface area contributed by atoms with E-state index in [-0.39, 0.29) is 5.41 Å². The van der Waals surface area contributed by atoms with Crippen LogP contribution in [0, 0.1) is 0 Å².